The molecule has 0 saturated carbocycles. The Bertz CT molecular complexity index is 1500. The Morgan fingerprint density at radius 3 is 2.48 bits per heavy atom. The largest absolute Gasteiger partial charge is 0.493 e. The number of nitrogens with zero attached hydrogens (tertiary/aromatic N) is 6. The monoisotopic (exact) mass is 557 g/mol. The predicted octanol–water partition coefficient (Wildman–Crippen LogP) is 5.47. The van der Waals surface area contributed by atoms with Gasteiger partial charge in [-0.25, -0.2) is 14.4 Å². The molecule has 0 aliphatic carbocycles. The second-order valence-electron chi connectivity index (χ2n) is 9.74. The maximum Gasteiger partial charge on any atom is 0.418 e. The summed E-state index contributed by atoms with van der Waals surface area (Å²) in [6.07, 6.45) is -2.28. The van der Waals surface area contributed by atoms with E-state index in [2.05, 4.69) is 37.1 Å². The molecule has 2 aromatic carbocycles. The molecule has 0 spiro atoms. The van der Waals surface area contributed by atoms with Gasteiger partial charge in [0.1, 0.15) is 17.0 Å². The summed E-state index contributed by atoms with van der Waals surface area (Å²) in [5, 5.41) is 7.20. The summed E-state index contributed by atoms with van der Waals surface area (Å²) in [6.45, 7) is 10.4. The average molecular weight is 558 g/mol. The third-order valence-electron chi connectivity index (χ3n) is 6.98. The third-order valence-corrected chi connectivity index (χ3v) is 6.98. The highest BCUT2D eigenvalue weighted by Crippen LogP contribution is 2.38. The summed E-state index contributed by atoms with van der Waals surface area (Å²) in [7, 11) is 1.53. The van der Waals surface area contributed by atoms with Gasteiger partial charge in [-0.15, -0.1) is 0 Å². The Balaban J connectivity index is 1.41. The maximum atomic E-state index is 14.8. The average Bonchev–Trinajstić information content (AvgIpc) is 3.30. The van der Waals surface area contributed by atoms with E-state index < -0.39 is 17.6 Å². The number of piperazine rings is 1. The van der Waals surface area contributed by atoms with Gasteiger partial charge in [-0.05, 0) is 31.7 Å². The number of nitrogens with one attached hydrogen (secondary N) is 1. The summed E-state index contributed by atoms with van der Waals surface area (Å²) in [5.74, 6) is -0.0813. The first-order valence-electron chi connectivity index (χ1n) is 13.2. The van der Waals surface area contributed by atoms with E-state index in [0.717, 1.165) is 57.1 Å². The van der Waals surface area contributed by atoms with E-state index >= 15 is 0 Å². The number of hydrogen-bond acceptors (Lipinski definition) is 7. The van der Waals surface area contributed by atoms with E-state index in [1.807, 2.05) is 25.1 Å². The Morgan fingerprint density at radius 2 is 1.77 bits per heavy atom. The number of alkyl halides is 3. The molecule has 8 nitrogen and oxygen atoms in total. The number of aryl methyl sites for hydroxylation is 1. The van der Waals surface area contributed by atoms with Gasteiger partial charge in [0, 0.05) is 74.2 Å². The molecule has 0 radical (unpaired) electrons. The van der Waals surface area contributed by atoms with Crippen LogP contribution < -0.4 is 10.1 Å². The van der Waals surface area contributed by atoms with Crippen LogP contribution in [0, 0.1) is 5.82 Å². The van der Waals surface area contributed by atoms with Crippen molar-refractivity contribution in [1.82, 2.24) is 29.5 Å². The summed E-state index contributed by atoms with van der Waals surface area (Å²) in [6, 6.07) is 7.96. The molecule has 0 unspecified atom stereocenters. The molecule has 0 amide bonds. The fourth-order valence-corrected chi connectivity index (χ4v) is 4.92. The van der Waals surface area contributed by atoms with Gasteiger partial charge in [0.25, 0.3) is 0 Å². The molecule has 0 bridgehead atoms. The Hall–Kier alpha value is -3.77. The van der Waals surface area contributed by atoms with Crippen LogP contribution in [0.3, 0.4) is 0 Å². The Kier molecular flexibility index (Phi) is 7.90. The molecule has 4 aromatic rings. The summed E-state index contributed by atoms with van der Waals surface area (Å²) in [5.41, 5.74) is 0.219. The summed E-state index contributed by atoms with van der Waals surface area (Å²) < 4.78 is 63.4. The van der Waals surface area contributed by atoms with Gasteiger partial charge in [0.15, 0.2) is 5.82 Å². The Morgan fingerprint density at radius 1 is 1.02 bits per heavy atom. The highest BCUT2D eigenvalue weighted by Gasteiger charge is 2.35. The van der Waals surface area contributed by atoms with Crippen LogP contribution in [0.2, 0.25) is 0 Å². The number of rotatable bonds is 8. The Labute approximate surface area is 229 Å². The molecule has 2 aromatic heterocycles. The van der Waals surface area contributed by atoms with Crippen molar-refractivity contribution in [3.05, 3.63) is 59.7 Å². The second-order valence-corrected chi connectivity index (χ2v) is 9.74. The lowest BCUT2D eigenvalue weighted by molar-refractivity contribution is -0.136. The number of hydrogen-bond donors (Lipinski definition) is 1. The summed E-state index contributed by atoms with van der Waals surface area (Å²) in [4.78, 5) is 13.1. The van der Waals surface area contributed by atoms with E-state index in [4.69, 9.17) is 4.74 Å². The zero-order valence-electron chi connectivity index (χ0n) is 22.6. The normalized spacial score (nSPS) is 15.1. The van der Waals surface area contributed by atoms with Gasteiger partial charge < -0.3 is 15.0 Å². The van der Waals surface area contributed by atoms with Crippen molar-refractivity contribution in [2.45, 2.75) is 26.6 Å². The van der Waals surface area contributed by atoms with Crippen LogP contribution in [0.25, 0.3) is 22.2 Å². The molecule has 40 heavy (non-hydrogen) atoms. The van der Waals surface area contributed by atoms with Crippen LogP contribution in [0.15, 0.2) is 42.7 Å². The number of aromatic nitrogens is 4. The van der Waals surface area contributed by atoms with E-state index in [0.29, 0.717) is 18.0 Å². The molecule has 212 valence electrons. The van der Waals surface area contributed by atoms with E-state index in [9.17, 15) is 17.6 Å². The van der Waals surface area contributed by atoms with Gasteiger partial charge in [0.05, 0.1) is 18.4 Å². The molecule has 3 heterocycles. The molecule has 1 aliphatic rings. The molecule has 1 aliphatic heterocycles. The zero-order chi connectivity index (χ0) is 28.4. The molecular formula is C28H31F4N7O. The number of benzene rings is 2. The lowest BCUT2D eigenvalue weighted by Gasteiger charge is -2.34. The highest BCUT2D eigenvalue weighted by atomic mass is 19.4. The third kappa shape index (κ3) is 6.02. The summed E-state index contributed by atoms with van der Waals surface area (Å²) >= 11 is 0. The standard InChI is InChI=1S/C28H31F4N7O/c1-4-38-8-10-39(11-9-38)17-18-6-7-21(14-24(18)40-5-2)34-27-33-15-23(29)26(35-27)19-12-20-16-37(3)36-25(20)22(13-19)28(30,31)32/h6-7,12-16H,4-5,8-11,17H2,1-3H3,(H,33,34,35). The first-order chi connectivity index (χ1) is 19.1. The fraction of sp³-hybridized carbons (Fsp3) is 0.393. The predicted molar refractivity (Wildman–Crippen MR) is 145 cm³/mol. The number of ether oxygens (including phenoxy) is 1. The molecular weight excluding hydrogens is 526 g/mol. The highest BCUT2D eigenvalue weighted by molar-refractivity contribution is 5.87. The lowest BCUT2D eigenvalue weighted by atomic mass is 10.0. The minimum Gasteiger partial charge on any atom is -0.493 e. The van der Waals surface area contributed by atoms with Crippen molar-refractivity contribution in [3.8, 4) is 17.0 Å². The van der Waals surface area contributed by atoms with Crippen molar-refractivity contribution >= 4 is 22.5 Å². The first kappa shape index (κ1) is 27.8. The van der Waals surface area contributed by atoms with Gasteiger partial charge >= 0.3 is 6.18 Å². The van der Waals surface area contributed by atoms with E-state index in [-0.39, 0.29) is 28.1 Å². The smallest absolute Gasteiger partial charge is 0.418 e. The van der Waals surface area contributed by atoms with Crippen LogP contribution in [0.1, 0.15) is 25.0 Å². The molecule has 1 fully saturated rings. The topological polar surface area (TPSA) is 71.3 Å². The molecule has 12 heteroatoms. The molecule has 1 saturated heterocycles. The minimum absolute atomic E-state index is 0.0238. The van der Waals surface area contributed by atoms with Crippen LogP contribution in [0.4, 0.5) is 29.2 Å². The number of likely N-dealkylation sites (N-methyl/N-ethyl adjacent to an activating group) is 1. The van der Waals surface area contributed by atoms with E-state index in [1.165, 1.54) is 24.0 Å². The maximum absolute atomic E-state index is 14.8. The van der Waals surface area contributed by atoms with Crippen molar-refractivity contribution in [2.24, 2.45) is 7.05 Å². The van der Waals surface area contributed by atoms with Crippen LogP contribution >= 0.6 is 0 Å². The number of anilines is 2. The van der Waals surface area contributed by atoms with E-state index in [1.54, 1.807) is 0 Å². The number of halogens is 4. The lowest BCUT2D eigenvalue weighted by Crippen LogP contribution is -2.45. The van der Waals surface area contributed by atoms with Crippen LogP contribution in [0.5, 0.6) is 5.75 Å². The quantitative estimate of drug-likeness (QED) is 0.288. The van der Waals surface area contributed by atoms with Gasteiger partial charge in [-0.3, -0.25) is 9.58 Å². The fourth-order valence-electron chi connectivity index (χ4n) is 4.92. The van der Waals surface area contributed by atoms with Gasteiger partial charge in [-0.2, -0.15) is 18.3 Å². The van der Waals surface area contributed by atoms with Gasteiger partial charge in [0.2, 0.25) is 5.95 Å². The van der Waals surface area contributed by atoms with Crippen molar-refractivity contribution in [1.29, 1.82) is 0 Å². The zero-order valence-corrected chi connectivity index (χ0v) is 22.6. The molecule has 1 N–H and O–H groups in total. The molecule has 0 atom stereocenters. The number of fused-ring (bicyclic) bond motifs is 1. The molecule has 5 rings (SSSR count). The minimum atomic E-state index is -4.67. The van der Waals surface area contributed by atoms with Crippen molar-refractivity contribution in [2.75, 3.05) is 44.6 Å². The van der Waals surface area contributed by atoms with Gasteiger partial charge in [-0.1, -0.05) is 13.0 Å². The van der Waals surface area contributed by atoms with Crippen LogP contribution in [-0.4, -0.2) is 68.9 Å². The second kappa shape index (κ2) is 11.4. The van der Waals surface area contributed by atoms with Crippen molar-refractivity contribution in [3.63, 3.8) is 0 Å². The first-order valence-corrected chi connectivity index (χ1v) is 13.2. The van der Waals surface area contributed by atoms with Crippen molar-refractivity contribution < 1.29 is 22.3 Å². The SMILES string of the molecule is CCOc1cc(Nc2ncc(F)c(-c3cc(C(F)(F)F)c4nn(C)cc4c3)n2)ccc1CN1CCN(CC)CC1. The van der Waals surface area contributed by atoms with Crippen LogP contribution in [-0.2, 0) is 19.8 Å².